The molecule has 0 fully saturated rings. The lowest BCUT2D eigenvalue weighted by molar-refractivity contribution is 0.218. The molecule has 6 heteroatoms. The Hall–Kier alpha value is -1.40. The third-order valence-corrected chi connectivity index (χ3v) is 3.10. The van der Waals surface area contributed by atoms with E-state index >= 15 is 0 Å². The zero-order valence-corrected chi connectivity index (χ0v) is 12.4. The second-order valence-corrected chi connectivity index (χ2v) is 6.05. The third-order valence-electron chi connectivity index (χ3n) is 3.10. The molecule has 0 amide bonds. The van der Waals surface area contributed by atoms with Crippen molar-refractivity contribution in [2.45, 2.75) is 52.0 Å². The molecule has 1 aromatic rings. The van der Waals surface area contributed by atoms with Gasteiger partial charge < -0.3 is 15.8 Å². The second kappa shape index (κ2) is 5.71. The maximum atomic E-state index is 9.46. The largest absolute Gasteiger partial charge is 0.394 e. The molecule has 1 rings (SSSR count). The summed E-state index contributed by atoms with van der Waals surface area (Å²) in [5.41, 5.74) is 1.97. The van der Waals surface area contributed by atoms with Crippen LogP contribution in [0.15, 0.2) is 6.07 Å². The van der Waals surface area contributed by atoms with Gasteiger partial charge in [0.25, 0.3) is 0 Å². The van der Waals surface area contributed by atoms with E-state index in [0.717, 1.165) is 6.42 Å². The average molecular weight is 267 g/mol. The Balaban J connectivity index is 3.14. The van der Waals surface area contributed by atoms with E-state index in [9.17, 15) is 5.11 Å². The first-order valence-corrected chi connectivity index (χ1v) is 6.49. The van der Waals surface area contributed by atoms with Crippen LogP contribution in [-0.2, 0) is 5.41 Å². The highest BCUT2D eigenvalue weighted by atomic mass is 16.3. The van der Waals surface area contributed by atoms with Gasteiger partial charge in [0, 0.05) is 11.5 Å². The van der Waals surface area contributed by atoms with Gasteiger partial charge in [-0.1, -0.05) is 27.7 Å². The van der Waals surface area contributed by atoms with E-state index < -0.39 is 5.54 Å². The minimum atomic E-state index is -0.407. The minimum absolute atomic E-state index is 0.0315. The van der Waals surface area contributed by atoms with Crippen LogP contribution in [0.2, 0.25) is 0 Å². The number of hydrazine groups is 1. The summed E-state index contributed by atoms with van der Waals surface area (Å²) in [4.78, 5) is 8.86. The van der Waals surface area contributed by atoms with Crippen LogP contribution < -0.4 is 16.6 Å². The molecule has 0 spiro atoms. The standard InChI is InChI=1S/C13H25N5O/c1-6-13(5,8-19)17-9-7-10(18-14)16-11(15-9)12(2,3)4/h7,19H,6,8,14H2,1-5H3,(H2,15,16,17,18). The molecule has 0 aliphatic rings. The number of aliphatic hydroxyl groups is 1. The van der Waals surface area contributed by atoms with Crippen LogP contribution in [-0.4, -0.2) is 27.2 Å². The Morgan fingerprint density at radius 1 is 1.21 bits per heavy atom. The Morgan fingerprint density at radius 3 is 2.21 bits per heavy atom. The van der Waals surface area contributed by atoms with E-state index in [-0.39, 0.29) is 12.0 Å². The molecule has 0 aliphatic carbocycles. The minimum Gasteiger partial charge on any atom is -0.394 e. The lowest BCUT2D eigenvalue weighted by Gasteiger charge is -2.29. The van der Waals surface area contributed by atoms with Gasteiger partial charge in [-0.05, 0) is 13.3 Å². The van der Waals surface area contributed by atoms with Crippen molar-refractivity contribution in [3.05, 3.63) is 11.9 Å². The van der Waals surface area contributed by atoms with E-state index in [2.05, 4.69) is 20.7 Å². The number of nitrogen functional groups attached to an aromatic ring is 1. The van der Waals surface area contributed by atoms with E-state index in [1.54, 1.807) is 6.07 Å². The topological polar surface area (TPSA) is 96.1 Å². The maximum Gasteiger partial charge on any atom is 0.145 e. The molecule has 0 saturated heterocycles. The molecule has 0 saturated carbocycles. The molecule has 19 heavy (non-hydrogen) atoms. The van der Waals surface area contributed by atoms with Crippen LogP contribution in [0.1, 0.15) is 46.9 Å². The summed E-state index contributed by atoms with van der Waals surface area (Å²) in [6.07, 6.45) is 0.781. The average Bonchev–Trinajstić information content (AvgIpc) is 2.37. The Morgan fingerprint density at radius 2 is 1.79 bits per heavy atom. The van der Waals surface area contributed by atoms with Crippen molar-refractivity contribution < 1.29 is 5.11 Å². The first-order chi connectivity index (χ1) is 8.74. The first kappa shape index (κ1) is 15.7. The number of nitrogens with two attached hydrogens (primary N) is 1. The summed E-state index contributed by atoms with van der Waals surface area (Å²) >= 11 is 0. The summed E-state index contributed by atoms with van der Waals surface area (Å²) in [5, 5.41) is 12.7. The van der Waals surface area contributed by atoms with Crippen LogP contribution in [0.4, 0.5) is 11.6 Å². The van der Waals surface area contributed by atoms with Crippen LogP contribution in [0, 0.1) is 0 Å². The number of nitrogens with zero attached hydrogens (tertiary/aromatic N) is 2. The molecule has 0 radical (unpaired) electrons. The summed E-state index contributed by atoms with van der Waals surface area (Å²) in [6, 6.07) is 1.73. The Kier molecular flexibility index (Phi) is 4.70. The quantitative estimate of drug-likeness (QED) is 0.478. The van der Waals surface area contributed by atoms with Gasteiger partial charge in [0.2, 0.25) is 0 Å². The van der Waals surface area contributed by atoms with Crippen molar-refractivity contribution in [1.29, 1.82) is 0 Å². The van der Waals surface area contributed by atoms with Gasteiger partial charge >= 0.3 is 0 Å². The fraction of sp³-hybridized carbons (Fsp3) is 0.692. The van der Waals surface area contributed by atoms with Gasteiger partial charge in [-0.15, -0.1) is 0 Å². The number of hydrogen-bond acceptors (Lipinski definition) is 6. The van der Waals surface area contributed by atoms with Gasteiger partial charge in [-0.25, -0.2) is 15.8 Å². The number of hydrogen-bond donors (Lipinski definition) is 4. The van der Waals surface area contributed by atoms with Gasteiger partial charge in [0.15, 0.2) is 0 Å². The molecule has 1 aromatic heterocycles. The molecular weight excluding hydrogens is 242 g/mol. The lowest BCUT2D eigenvalue weighted by Crippen LogP contribution is -2.38. The fourth-order valence-electron chi connectivity index (χ4n) is 1.47. The van der Waals surface area contributed by atoms with Crippen molar-refractivity contribution in [3.63, 3.8) is 0 Å². The van der Waals surface area contributed by atoms with Crippen LogP contribution in [0.25, 0.3) is 0 Å². The maximum absolute atomic E-state index is 9.46. The zero-order valence-electron chi connectivity index (χ0n) is 12.4. The van der Waals surface area contributed by atoms with Crippen molar-refractivity contribution in [3.8, 4) is 0 Å². The zero-order chi connectivity index (χ0) is 14.7. The number of rotatable bonds is 5. The molecule has 1 unspecified atom stereocenters. The number of aromatic nitrogens is 2. The molecule has 0 aromatic carbocycles. The van der Waals surface area contributed by atoms with Crippen molar-refractivity contribution in [2.24, 2.45) is 5.84 Å². The number of aliphatic hydroxyl groups excluding tert-OH is 1. The summed E-state index contributed by atoms with van der Waals surface area (Å²) in [7, 11) is 0. The Labute approximate surface area is 114 Å². The van der Waals surface area contributed by atoms with E-state index in [1.807, 2.05) is 34.6 Å². The molecule has 6 nitrogen and oxygen atoms in total. The summed E-state index contributed by atoms with van der Waals surface area (Å²) < 4.78 is 0. The first-order valence-electron chi connectivity index (χ1n) is 6.49. The van der Waals surface area contributed by atoms with E-state index in [0.29, 0.717) is 17.5 Å². The molecule has 5 N–H and O–H groups in total. The highest BCUT2D eigenvalue weighted by Crippen LogP contribution is 2.24. The van der Waals surface area contributed by atoms with E-state index in [4.69, 9.17) is 5.84 Å². The molecule has 0 aliphatic heterocycles. The van der Waals surface area contributed by atoms with Crippen molar-refractivity contribution in [1.82, 2.24) is 9.97 Å². The van der Waals surface area contributed by atoms with Crippen LogP contribution >= 0.6 is 0 Å². The lowest BCUT2D eigenvalue weighted by atomic mass is 9.95. The van der Waals surface area contributed by atoms with Gasteiger partial charge in [-0.3, -0.25) is 0 Å². The predicted octanol–water partition coefficient (Wildman–Crippen LogP) is 1.63. The normalized spacial score (nSPS) is 14.9. The molecule has 1 atom stereocenters. The van der Waals surface area contributed by atoms with Gasteiger partial charge in [0.05, 0.1) is 12.1 Å². The number of nitrogens with one attached hydrogen (secondary N) is 2. The Bertz CT molecular complexity index is 424. The SMILES string of the molecule is CCC(C)(CO)Nc1cc(NN)nc(C(C)(C)C)n1. The molecule has 0 bridgehead atoms. The van der Waals surface area contributed by atoms with Gasteiger partial charge in [-0.2, -0.15) is 0 Å². The summed E-state index contributed by atoms with van der Waals surface area (Å²) in [5.74, 6) is 7.35. The molecular formula is C13H25N5O. The number of anilines is 2. The molecule has 1 heterocycles. The third kappa shape index (κ3) is 4.04. The molecule has 108 valence electrons. The highest BCUT2D eigenvalue weighted by Gasteiger charge is 2.24. The van der Waals surface area contributed by atoms with E-state index in [1.165, 1.54) is 0 Å². The fourth-order valence-corrected chi connectivity index (χ4v) is 1.47. The second-order valence-electron chi connectivity index (χ2n) is 6.05. The summed E-state index contributed by atoms with van der Waals surface area (Å²) in [6.45, 7) is 10.1. The predicted molar refractivity (Wildman–Crippen MR) is 77.9 cm³/mol. The van der Waals surface area contributed by atoms with Crippen molar-refractivity contribution >= 4 is 11.6 Å². The van der Waals surface area contributed by atoms with Crippen LogP contribution in [0.5, 0.6) is 0 Å². The highest BCUT2D eigenvalue weighted by molar-refractivity contribution is 5.49. The van der Waals surface area contributed by atoms with Gasteiger partial charge in [0.1, 0.15) is 17.5 Å². The smallest absolute Gasteiger partial charge is 0.145 e. The van der Waals surface area contributed by atoms with Crippen LogP contribution in [0.3, 0.4) is 0 Å². The monoisotopic (exact) mass is 267 g/mol. The van der Waals surface area contributed by atoms with Crippen molar-refractivity contribution in [2.75, 3.05) is 17.3 Å².